The first-order valence-electron chi connectivity index (χ1n) is 13.8. The third-order valence-electron chi connectivity index (χ3n) is 8.04. The number of H-pyrrole nitrogens is 2. The van der Waals surface area contributed by atoms with Gasteiger partial charge in [-0.15, -0.1) is 0 Å². The summed E-state index contributed by atoms with van der Waals surface area (Å²) in [6, 6.07) is 10.2. The summed E-state index contributed by atoms with van der Waals surface area (Å²) < 4.78 is 19.4. The van der Waals surface area contributed by atoms with E-state index in [9.17, 15) is 19.1 Å². The second-order valence-corrected chi connectivity index (χ2v) is 10.9. The number of hydrogen-bond donors (Lipinski definition) is 4. The molecule has 1 unspecified atom stereocenters. The van der Waals surface area contributed by atoms with E-state index in [2.05, 4.69) is 32.2 Å². The fourth-order valence-electron chi connectivity index (χ4n) is 5.64. The molecular weight excluding hydrogens is 527 g/mol. The number of piperidine rings is 1. The monoisotopic (exact) mass is 560 g/mol. The van der Waals surface area contributed by atoms with Crippen LogP contribution < -0.4 is 15.6 Å². The van der Waals surface area contributed by atoms with E-state index in [0.29, 0.717) is 40.4 Å². The van der Waals surface area contributed by atoms with Gasteiger partial charge >= 0.3 is 0 Å². The van der Waals surface area contributed by atoms with E-state index in [1.165, 1.54) is 12.3 Å². The number of benzene rings is 2. The first-order valence-corrected chi connectivity index (χ1v) is 13.8. The topological polar surface area (TPSA) is 127 Å². The summed E-state index contributed by atoms with van der Waals surface area (Å²) in [6.07, 6.45) is 2.52. The van der Waals surface area contributed by atoms with Gasteiger partial charge in [0.25, 0.3) is 11.5 Å². The van der Waals surface area contributed by atoms with Crippen LogP contribution >= 0.6 is 0 Å². The number of carbonyl (C=O) groups is 1. The van der Waals surface area contributed by atoms with Crippen molar-refractivity contribution in [2.75, 3.05) is 38.6 Å². The zero-order valence-corrected chi connectivity index (χ0v) is 23.0. The number of ether oxygens (including phenoxy) is 1. The number of nitrogens with one attached hydrogen (secondary N) is 3. The number of pyridine rings is 1. The first kappa shape index (κ1) is 27.0. The minimum absolute atomic E-state index is 0.0329. The zero-order chi connectivity index (χ0) is 28.7. The Balaban J connectivity index is 1.18. The molecule has 1 fully saturated rings. The van der Waals surface area contributed by atoms with Crippen molar-refractivity contribution in [2.45, 2.75) is 38.5 Å². The van der Waals surface area contributed by atoms with Gasteiger partial charge in [-0.2, -0.15) is 0 Å². The minimum Gasteiger partial charge on any atom is -0.490 e. The Morgan fingerprint density at radius 2 is 2.02 bits per heavy atom. The number of carbonyl (C=O) groups excluding carboxylic acids is 1. The summed E-state index contributed by atoms with van der Waals surface area (Å²) in [5.41, 5.74) is 3.74. The van der Waals surface area contributed by atoms with Crippen molar-refractivity contribution in [1.82, 2.24) is 24.8 Å². The Morgan fingerprint density at radius 1 is 1.22 bits per heavy atom. The second kappa shape index (κ2) is 11.0. The zero-order valence-electron chi connectivity index (χ0n) is 23.0. The van der Waals surface area contributed by atoms with Gasteiger partial charge in [0, 0.05) is 36.5 Å². The van der Waals surface area contributed by atoms with Gasteiger partial charge in [0.15, 0.2) is 0 Å². The summed E-state index contributed by atoms with van der Waals surface area (Å²) in [5.74, 6) is 0.376. The Bertz CT molecular complexity index is 1660. The summed E-state index contributed by atoms with van der Waals surface area (Å²) in [5, 5.41) is 13.6. The number of imidazole rings is 1. The fraction of sp³-hybridized carbons (Fsp3) is 0.367. The van der Waals surface area contributed by atoms with Gasteiger partial charge in [-0.25, -0.2) is 9.37 Å². The average Bonchev–Trinajstić information content (AvgIpc) is 3.51. The van der Waals surface area contributed by atoms with Crippen molar-refractivity contribution < 1.29 is 19.0 Å². The van der Waals surface area contributed by atoms with Crippen LogP contribution in [0.15, 0.2) is 47.4 Å². The van der Waals surface area contributed by atoms with Crippen LogP contribution in [0.25, 0.3) is 22.4 Å². The number of nitrogens with zero attached hydrogens (tertiary/aromatic N) is 3. The highest BCUT2D eigenvalue weighted by Gasteiger charge is 2.34. The highest BCUT2D eigenvalue weighted by molar-refractivity contribution is 6.02. The van der Waals surface area contributed by atoms with Gasteiger partial charge in [0.1, 0.15) is 35.7 Å². The highest BCUT2D eigenvalue weighted by Crippen LogP contribution is 2.32. The van der Waals surface area contributed by atoms with Gasteiger partial charge in [-0.1, -0.05) is 6.07 Å². The molecule has 2 aromatic carbocycles. The lowest BCUT2D eigenvalue weighted by Gasteiger charge is -2.34. The normalized spacial score (nSPS) is 16.8. The molecule has 11 heteroatoms. The van der Waals surface area contributed by atoms with E-state index >= 15 is 0 Å². The van der Waals surface area contributed by atoms with Gasteiger partial charge in [-0.05, 0) is 75.8 Å². The summed E-state index contributed by atoms with van der Waals surface area (Å²) in [4.78, 5) is 41.1. The number of aliphatic hydroxyl groups is 1. The molecule has 6 rings (SSSR count). The molecule has 0 saturated carbocycles. The molecule has 2 aliphatic rings. The number of aromatic nitrogens is 3. The molecule has 0 radical (unpaired) electrons. The standard InChI is InChI=1S/C30H33FN6O4/c1-17-22(31)4-3-5-26(17)41-16-20(38)14-33-23-6-9-32-29(39)27(23)28-34-24-12-18-15-37(19-7-10-36(2)11-8-19)30(40)21(18)13-25(24)35-28/h3-6,9,12-13,19-20,38H,7-8,10-11,14-16H2,1-2H3,(H,34,35)(H2,32,33,39). The largest absolute Gasteiger partial charge is 0.490 e. The number of halogens is 1. The summed E-state index contributed by atoms with van der Waals surface area (Å²) in [7, 11) is 2.11. The van der Waals surface area contributed by atoms with Crippen LogP contribution in [-0.4, -0.2) is 81.2 Å². The maximum atomic E-state index is 13.8. The van der Waals surface area contributed by atoms with Crippen LogP contribution in [0.3, 0.4) is 0 Å². The van der Waals surface area contributed by atoms with Gasteiger partial charge < -0.3 is 34.9 Å². The summed E-state index contributed by atoms with van der Waals surface area (Å²) in [6.45, 7) is 4.17. The van der Waals surface area contributed by atoms with Crippen molar-refractivity contribution >= 4 is 22.6 Å². The molecule has 1 saturated heterocycles. The fourth-order valence-corrected chi connectivity index (χ4v) is 5.64. The van der Waals surface area contributed by atoms with Crippen molar-refractivity contribution in [2.24, 2.45) is 0 Å². The molecule has 41 heavy (non-hydrogen) atoms. The molecule has 214 valence electrons. The van der Waals surface area contributed by atoms with E-state index < -0.39 is 6.10 Å². The number of aliphatic hydroxyl groups excluding tert-OH is 1. The second-order valence-electron chi connectivity index (χ2n) is 10.9. The lowest BCUT2D eigenvalue weighted by atomic mass is 10.0. The number of aromatic amines is 2. The molecule has 10 nitrogen and oxygen atoms in total. The predicted octanol–water partition coefficient (Wildman–Crippen LogP) is 3.27. The maximum Gasteiger partial charge on any atom is 0.261 e. The number of amides is 1. The molecule has 0 bridgehead atoms. The van der Waals surface area contributed by atoms with Crippen LogP contribution in [0.2, 0.25) is 0 Å². The van der Waals surface area contributed by atoms with E-state index in [-0.39, 0.29) is 42.0 Å². The van der Waals surface area contributed by atoms with Gasteiger partial charge in [-0.3, -0.25) is 9.59 Å². The van der Waals surface area contributed by atoms with Crippen LogP contribution in [0.4, 0.5) is 10.1 Å². The number of likely N-dealkylation sites (tertiary alicyclic amines) is 1. The highest BCUT2D eigenvalue weighted by atomic mass is 19.1. The molecule has 0 aliphatic carbocycles. The molecule has 1 amide bonds. The molecule has 4 N–H and O–H groups in total. The van der Waals surface area contributed by atoms with Crippen LogP contribution in [0.5, 0.6) is 5.75 Å². The Labute approximate surface area is 236 Å². The van der Waals surface area contributed by atoms with Crippen molar-refractivity contribution in [1.29, 1.82) is 0 Å². The molecule has 4 aromatic rings. The third kappa shape index (κ3) is 5.30. The quantitative estimate of drug-likeness (QED) is 0.261. The van der Waals surface area contributed by atoms with Crippen LogP contribution in [-0.2, 0) is 6.54 Å². The molecule has 0 spiro atoms. The Kier molecular flexibility index (Phi) is 7.22. The smallest absolute Gasteiger partial charge is 0.261 e. The van der Waals surface area contributed by atoms with E-state index in [1.54, 1.807) is 25.1 Å². The van der Waals surface area contributed by atoms with Crippen molar-refractivity contribution in [3.05, 3.63) is 75.5 Å². The molecule has 1 atom stereocenters. The van der Waals surface area contributed by atoms with E-state index in [0.717, 1.165) is 37.0 Å². The first-order chi connectivity index (χ1) is 19.8. The number of anilines is 1. The molecule has 4 heterocycles. The van der Waals surface area contributed by atoms with Gasteiger partial charge in [0.05, 0.1) is 16.7 Å². The Hall–Kier alpha value is -4.22. The molecule has 2 aromatic heterocycles. The van der Waals surface area contributed by atoms with E-state index in [4.69, 9.17) is 4.74 Å². The molecular formula is C30H33FN6O4. The van der Waals surface area contributed by atoms with Crippen LogP contribution in [0.1, 0.15) is 34.3 Å². The third-order valence-corrected chi connectivity index (χ3v) is 8.04. The minimum atomic E-state index is -0.929. The molecule has 2 aliphatic heterocycles. The Morgan fingerprint density at radius 3 is 2.83 bits per heavy atom. The van der Waals surface area contributed by atoms with Gasteiger partial charge in [0.2, 0.25) is 0 Å². The van der Waals surface area contributed by atoms with Crippen LogP contribution in [0, 0.1) is 12.7 Å². The van der Waals surface area contributed by atoms with E-state index in [1.807, 2.05) is 17.0 Å². The SMILES string of the molecule is Cc1c(F)cccc1OCC(O)CNc1cc[nH]c(=O)c1-c1nc2cc3c(cc2[nH]1)CN(C1CCN(C)CC1)C3=O. The lowest BCUT2D eigenvalue weighted by molar-refractivity contribution is 0.0617. The van der Waals surface area contributed by atoms with Crippen molar-refractivity contribution in [3.8, 4) is 17.1 Å². The summed E-state index contributed by atoms with van der Waals surface area (Å²) >= 11 is 0. The number of fused-ring (bicyclic) bond motifs is 2. The lowest BCUT2D eigenvalue weighted by Crippen LogP contribution is -2.43. The predicted molar refractivity (Wildman–Crippen MR) is 154 cm³/mol. The maximum absolute atomic E-state index is 13.8. The average molecular weight is 561 g/mol. The van der Waals surface area contributed by atoms with Crippen molar-refractivity contribution in [3.63, 3.8) is 0 Å². The number of rotatable bonds is 8. The number of hydrogen-bond acceptors (Lipinski definition) is 7.